The van der Waals surface area contributed by atoms with Crippen LogP contribution in [0.4, 0.5) is 0 Å². The Balaban J connectivity index is 1.97. The van der Waals surface area contributed by atoms with Gasteiger partial charge in [-0.15, -0.1) is 11.3 Å². The van der Waals surface area contributed by atoms with Gasteiger partial charge in [0.05, 0.1) is 24.4 Å². The molecule has 126 valence electrons. The number of esters is 1. The Labute approximate surface area is 150 Å². The second kappa shape index (κ2) is 7.27. The Bertz CT molecular complexity index is 732. The summed E-state index contributed by atoms with van der Waals surface area (Å²) in [4.78, 5) is 19.6. The van der Waals surface area contributed by atoms with Crippen LogP contribution in [0.3, 0.4) is 0 Å². The van der Waals surface area contributed by atoms with E-state index in [0.717, 1.165) is 5.69 Å². The monoisotopic (exact) mass is 361 g/mol. The van der Waals surface area contributed by atoms with Gasteiger partial charge >= 0.3 is 5.97 Å². The third-order valence-electron chi connectivity index (χ3n) is 3.97. The number of thiophene rings is 1. The van der Waals surface area contributed by atoms with Crippen molar-refractivity contribution in [3.8, 4) is 0 Å². The molecule has 0 radical (unpaired) electrons. The van der Waals surface area contributed by atoms with Gasteiger partial charge < -0.3 is 15.0 Å². The minimum absolute atomic E-state index is 0.0724. The molecule has 7 heteroatoms. The molecule has 0 aromatic carbocycles. The second-order valence-corrected chi connectivity index (χ2v) is 6.86. The van der Waals surface area contributed by atoms with Gasteiger partial charge in [-0.3, -0.25) is 9.78 Å². The number of aryl methyl sites for hydroxylation is 1. The van der Waals surface area contributed by atoms with Crippen LogP contribution in [0.1, 0.15) is 35.1 Å². The first-order chi connectivity index (χ1) is 11.6. The molecule has 2 aromatic rings. The van der Waals surface area contributed by atoms with E-state index < -0.39 is 0 Å². The fraction of sp³-hybridized carbons (Fsp3) is 0.353. The zero-order chi connectivity index (χ0) is 17.1. The summed E-state index contributed by atoms with van der Waals surface area (Å²) in [5.74, 6) is -0.275. The van der Waals surface area contributed by atoms with Gasteiger partial charge in [0, 0.05) is 11.1 Å². The Morgan fingerprint density at radius 1 is 1.46 bits per heavy atom. The summed E-state index contributed by atoms with van der Waals surface area (Å²) in [6.07, 6.45) is 1.77. The molecule has 1 N–H and O–H groups in total. The lowest BCUT2D eigenvalue weighted by molar-refractivity contribution is -0.143. The summed E-state index contributed by atoms with van der Waals surface area (Å²) in [5.41, 5.74) is 2.09. The predicted octanol–water partition coefficient (Wildman–Crippen LogP) is 2.99. The zero-order valence-corrected chi connectivity index (χ0v) is 15.2. The van der Waals surface area contributed by atoms with Crippen LogP contribution in [-0.2, 0) is 9.53 Å². The number of pyridine rings is 1. The van der Waals surface area contributed by atoms with Crippen molar-refractivity contribution in [2.45, 2.75) is 25.9 Å². The van der Waals surface area contributed by atoms with E-state index in [-0.39, 0.29) is 24.6 Å². The van der Waals surface area contributed by atoms with Crippen molar-refractivity contribution in [1.82, 2.24) is 15.2 Å². The quantitative estimate of drug-likeness (QED) is 0.653. The summed E-state index contributed by atoms with van der Waals surface area (Å²) < 4.78 is 5.11. The van der Waals surface area contributed by atoms with Crippen molar-refractivity contribution < 1.29 is 9.53 Å². The van der Waals surface area contributed by atoms with Gasteiger partial charge in [-0.05, 0) is 55.2 Å². The highest BCUT2D eigenvalue weighted by Crippen LogP contribution is 2.41. The number of ether oxygens (including phenoxy) is 1. The predicted molar refractivity (Wildman–Crippen MR) is 97.8 cm³/mol. The summed E-state index contributed by atoms with van der Waals surface area (Å²) in [6.45, 7) is 4.37. The van der Waals surface area contributed by atoms with E-state index in [1.165, 1.54) is 10.4 Å². The number of carbonyl (C=O) groups is 1. The maximum absolute atomic E-state index is 12.0. The first-order valence-electron chi connectivity index (χ1n) is 7.79. The summed E-state index contributed by atoms with van der Waals surface area (Å²) >= 11 is 7.17. The Kier molecular flexibility index (Phi) is 5.11. The number of thiocarbonyl (C=S) groups is 1. The number of rotatable bonds is 5. The summed E-state index contributed by atoms with van der Waals surface area (Å²) in [5, 5.41) is 5.94. The zero-order valence-electron chi connectivity index (χ0n) is 13.6. The molecule has 0 unspecified atom stereocenters. The van der Waals surface area contributed by atoms with Crippen LogP contribution >= 0.6 is 23.6 Å². The minimum Gasteiger partial charge on any atom is -0.465 e. The molecule has 0 spiro atoms. The van der Waals surface area contributed by atoms with E-state index in [0.29, 0.717) is 11.7 Å². The molecule has 0 amide bonds. The highest BCUT2D eigenvalue weighted by Gasteiger charge is 2.41. The number of nitrogens with zero attached hydrogens (tertiary/aromatic N) is 2. The highest BCUT2D eigenvalue weighted by atomic mass is 32.1. The van der Waals surface area contributed by atoms with Crippen LogP contribution in [0.5, 0.6) is 0 Å². The number of hydrogen-bond donors (Lipinski definition) is 1. The van der Waals surface area contributed by atoms with Crippen molar-refractivity contribution in [3.05, 3.63) is 52.0 Å². The third-order valence-corrected chi connectivity index (χ3v) is 5.41. The van der Waals surface area contributed by atoms with Crippen molar-refractivity contribution in [1.29, 1.82) is 0 Å². The fourth-order valence-corrected chi connectivity index (χ4v) is 4.27. The topological polar surface area (TPSA) is 54.5 Å². The van der Waals surface area contributed by atoms with Crippen molar-refractivity contribution >= 4 is 34.6 Å². The lowest BCUT2D eigenvalue weighted by Gasteiger charge is -2.26. The van der Waals surface area contributed by atoms with E-state index in [2.05, 4.69) is 28.7 Å². The van der Waals surface area contributed by atoms with Crippen LogP contribution in [0, 0.1) is 6.92 Å². The van der Waals surface area contributed by atoms with Crippen LogP contribution in [0.25, 0.3) is 0 Å². The van der Waals surface area contributed by atoms with Gasteiger partial charge in [-0.1, -0.05) is 6.07 Å². The van der Waals surface area contributed by atoms with Crippen molar-refractivity contribution in [2.75, 3.05) is 13.2 Å². The van der Waals surface area contributed by atoms with Crippen LogP contribution in [-0.4, -0.2) is 34.1 Å². The number of carbonyl (C=O) groups excluding carboxylic acids is 1. The number of hydrogen-bond acceptors (Lipinski definition) is 5. The molecule has 0 saturated carbocycles. The highest BCUT2D eigenvalue weighted by molar-refractivity contribution is 7.80. The van der Waals surface area contributed by atoms with Gasteiger partial charge in [-0.25, -0.2) is 0 Å². The van der Waals surface area contributed by atoms with Crippen LogP contribution < -0.4 is 5.32 Å². The molecule has 1 saturated heterocycles. The molecule has 3 rings (SSSR count). The molecule has 1 aliphatic heterocycles. The summed E-state index contributed by atoms with van der Waals surface area (Å²) in [6, 6.07) is 7.74. The Morgan fingerprint density at radius 3 is 2.92 bits per heavy atom. The Morgan fingerprint density at radius 2 is 2.29 bits per heavy atom. The first kappa shape index (κ1) is 16.9. The number of nitrogens with one attached hydrogen (secondary N) is 1. The molecular weight excluding hydrogens is 342 g/mol. The Hall–Kier alpha value is -1.99. The molecule has 0 aliphatic carbocycles. The molecule has 0 bridgehead atoms. The molecule has 3 heterocycles. The standard InChI is InChI=1S/C17H19N3O2S2/c1-3-22-13(21)10-20-15(16-11(2)7-9-24-16)14(19-17(20)23)12-6-4-5-8-18-12/h4-9,14-15H,3,10H2,1-2H3,(H,19,23)/t14-,15+/m1/s1. The molecule has 2 aromatic heterocycles. The average molecular weight is 361 g/mol. The smallest absolute Gasteiger partial charge is 0.325 e. The van der Waals surface area contributed by atoms with Gasteiger partial charge in [-0.2, -0.15) is 0 Å². The largest absolute Gasteiger partial charge is 0.465 e. The van der Waals surface area contributed by atoms with Gasteiger partial charge in [0.25, 0.3) is 0 Å². The first-order valence-corrected chi connectivity index (χ1v) is 9.08. The average Bonchev–Trinajstić information content (AvgIpc) is 3.12. The second-order valence-electron chi connectivity index (χ2n) is 5.53. The summed E-state index contributed by atoms with van der Waals surface area (Å²) in [7, 11) is 0. The third kappa shape index (κ3) is 3.27. The maximum atomic E-state index is 12.0. The molecule has 5 nitrogen and oxygen atoms in total. The van der Waals surface area contributed by atoms with Crippen LogP contribution in [0.2, 0.25) is 0 Å². The van der Waals surface area contributed by atoms with Crippen molar-refractivity contribution in [2.24, 2.45) is 0 Å². The van der Waals surface area contributed by atoms with Crippen molar-refractivity contribution in [3.63, 3.8) is 0 Å². The van der Waals surface area contributed by atoms with Crippen LogP contribution in [0.15, 0.2) is 35.8 Å². The SMILES string of the molecule is CCOC(=O)CN1C(=S)N[C@H](c2ccccn2)[C@H]1c1sccc1C. The van der Waals surface area contributed by atoms with Gasteiger partial charge in [0.2, 0.25) is 0 Å². The normalized spacial score (nSPS) is 20.1. The van der Waals surface area contributed by atoms with E-state index in [1.807, 2.05) is 23.1 Å². The van der Waals surface area contributed by atoms with E-state index in [4.69, 9.17) is 17.0 Å². The maximum Gasteiger partial charge on any atom is 0.325 e. The van der Waals surface area contributed by atoms with Gasteiger partial charge in [0.15, 0.2) is 5.11 Å². The van der Waals surface area contributed by atoms with E-state index >= 15 is 0 Å². The molecule has 1 aliphatic rings. The lowest BCUT2D eigenvalue weighted by Crippen LogP contribution is -2.35. The van der Waals surface area contributed by atoms with Gasteiger partial charge in [0.1, 0.15) is 6.54 Å². The fourth-order valence-electron chi connectivity index (χ4n) is 2.89. The number of aromatic nitrogens is 1. The minimum atomic E-state index is -0.275. The van der Waals surface area contributed by atoms with E-state index in [1.54, 1.807) is 24.5 Å². The lowest BCUT2D eigenvalue weighted by atomic mass is 10.0. The molecule has 24 heavy (non-hydrogen) atoms. The molecule has 1 fully saturated rings. The van der Waals surface area contributed by atoms with E-state index in [9.17, 15) is 4.79 Å². The molecule has 2 atom stereocenters. The molecular formula is C17H19N3O2S2.